The summed E-state index contributed by atoms with van der Waals surface area (Å²) in [6.07, 6.45) is 1.65. The molecule has 0 amide bonds. The Balaban J connectivity index is 3.28. The third-order valence-electron chi connectivity index (χ3n) is 1.75. The second-order valence-electron chi connectivity index (χ2n) is 4.09. The van der Waals surface area contributed by atoms with Gasteiger partial charge in [0.2, 0.25) is 0 Å². The summed E-state index contributed by atoms with van der Waals surface area (Å²) in [5.41, 5.74) is 1.09. The van der Waals surface area contributed by atoms with Crippen LogP contribution in [-0.2, 0) is 12.5 Å². The van der Waals surface area contributed by atoms with Crippen molar-refractivity contribution in [1.82, 2.24) is 9.78 Å². The number of nitrogens with zero attached hydrogens (tertiary/aromatic N) is 2. The molecule has 3 nitrogen and oxygen atoms in total. The van der Waals surface area contributed by atoms with Gasteiger partial charge < -0.3 is 0 Å². The maximum Gasteiger partial charge on any atom is 0.255 e. The molecular weight excluding hydrogens is 188 g/mol. The molecule has 0 aliphatic carbocycles. The quantitative estimate of drug-likeness (QED) is 0.651. The van der Waals surface area contributed by atoms with E-state index in [1.165, 1.54) is 0 Å². The molecule has 0 N–H and O–H groups in total. The summed E-state index contributed by atoms with van der Waals surface area (Å²) < 4.78 is 1.61. The first-order chi connectivity index (χ1) is 5.82. The number of aromatic nitrogens is 2. The smallest absolute Gasteiger partial charge is 0.255 e. The predicted molar refractivity (Wildman–Crippen MR) is 52.1 cm³/mol. The monoisotopic (exact) mass is 200 g/mol. The summed E-state index contributed by atoms with van der Waals surface area (Å²) in [5, 5.41) is 3.77. The lowest BCUT2D eigenvalue weighted by molar-refractivity contribution is 0.107. The van der Waals surface area contributed by atoms with Crippen LogP contribution < -0.4 is 0 Å². The van der Waals surface area contributed by atoms with Crippen molar-refractivity contribution in [1.29, 1.82) is 0 Å². The first kappa shape index (κ1) is 10.3. The summed E-state index contributed by atoms with van der Waals surface area (Å²) in [7, 11) is 1.78. The highest BCUT2D eigenvalue weighted by molar-refractivity contribution is 6.67. The van der Waals surface area contributed by atoms with Crippen molar-refractivity contribution in [2.75, 3.05) is 0 Å². The number of carbonyl (C=O) groups is 1. The van der Waals surface area contributed by atoms with Gasteiger partial charge in [0.25, 0.3) is 5.24 Å². The summed E-state index contributed by atoms with van der Waals surface area (Å²) in [6.45, 7) is 6.00. The van der Waals surface area contributed by atoms with E-state index in [1.807, 2.05) is 20.8 Å². The highest BCUT2D eigenvalue weighted by Gasteiger charge is 2.24. The Morgan fingerprint density at radius 1 is 1.54 bits per heavy atom. The second kappa shape index (κ2) is 3.14. The Morgan fingerprint density at radius 2 is 2.08 bits per heavy atom. The summed E-state index contributed by atoms with van der Waals surface area (Å²) in [5.74, 6) is 0. The molecule has 4 heteroatoms. The van der Waals surface area contributed by atoms with E-state index in [2.05, 4.69) is 5.10 Å². The van der Waals surface area contributed by atoms with Gasteiger partial charge in [0, 0.05) is 18.7 Å². The molecule has 0 aliphatic heterocycles. The number of aryl methyl sites for hydroxylation is 1. The van der Waals surface area contributed by atoms with Gasteiger partial charge in [0.15, 0.2) is 0 Å². The molecule has 0 bridgehead atoms. The fourth-order valence-corrected chi connectivity index (χ4v) is 1.32. The van der Waals surface area contributed by atoms with Crippen molar-refractivity contribution in [3.63, 3.8) is 0 Å². The van der Waals surface area contributed by atoms with E-state index in [1.54, 1.807) is 17.9 Å². The molecule has 13 heavy (non-hydrogen) atoms. The van der Waals surface area contributed by atoms with Gasteiger partial charge in [0.05, 0.1) is 11.3 Å². The van der Waals surface area contributed by atoms with Gasteiger partial charge in [-0.25, -0.2) is 0 Å². The molecule has 1 aromatic heterocycles. The number of hydrogen-bond donors (Lipinski definition) is 0. The van der Waals surface area contributed by atoms with Crippen LogP contribution in [0.3, 0.4) is 0 Å². The van der Waals surface area contributed by atoms with E-state index in [0.29, 0.717) is 5.56 Å². The van der Waals surface area contributed by atoms with Crippen molar-refractivity contribution >= 4 is 16.8 Å². The van der Waals surface area contributed by atoms with Crippen molar-refractivity contribution < 1.29 is 4.79 Å². The highest BCUT2D eigenvalue weighted by Crippen LogP contribution is 2.24. The largest absolute Gasteiger partial charge is 0.275 e. The third-order valence-corrected chi connectivity index (χ3v) is 1.95. The fraction of sp³-hybridized carbons (Fsp3) is 0.556. The van der Waals surface area contributed by atoms with Crippen molar-refractivity contribution in [2.24, 2.45) is 7.05 Å². The minimum atomic E-state index is -0.446. The third kappa shape index (κ3) is 2.10. The van der Waals surface area contributed by atoms with E-state index in [9.17, 15) is 4.79 Å². The first-order valence-electron chi connectivity index (χ1n) is 4.06. The van der Waals surface area contributed by atoms with Gasteiger partial charge >= 0.3 is 0 Å². The van der Waals surface area contributed by atoms with Crippen molar-refractivity contribution in [2.45, 2.75) is 26.2 Å². The molecule has 0 saturated carbocycles. The topological polar surface area (TPSA) is 34.9 Å². The molecule has 0 unspecified atom stereocenters. The molecule has 0 fully saturated rings. The number of rotatable bonds is 1. The fourth-order valence-electron chi connectivity index (χ4n) is 1.19. The van der Waals surface area contributed by atoms with Crippen LogP contribution in [0.5, 0.6) is 0 Å². The maximum absolute atomic E-state index is 11.0. The lowest BCUT2D eigenvalue weighted by atomic mass is 9.90. The van der Waals surface area contributed by atoms with E-state index < -0.39 is 5.24 Å². The first-order valence-corrected chi connectivity index (χ1v) is 4.44. The van der Waals surface area contributed by atoms with Gasteiger partial charge in [-0.2, -0.15) is 5.10 Å². The van der Waals surface area contributed by atoms with Crippen LogP contribution in [0.1, 0.15) is 36.8 Å². The zero-order valence-electron chi connectivity index (χ0n) is 8.26. The SMILES string of the molecule is Cn1cc(C(=O)Cl)c(C(C)(C)C)n1. The van der Waals surface area contributed by atoms with E-state index in [-0.39, 0.29) is 5.41 Å². The molecule has 0 saturated heterocycles. The number of halogens is 1. The Kier molecular flexibility index (Phi) is 2.48. The Bertz CT molecular complexity index is 336. The summed E-state index contributed by atoms with van der Waals surface area (Å²) in [6, 6.07) is 0. The second-order valence-corrected chi connectivity index (χ2v) is 4.43. The predicted octanol–water partition coefficient (Wildman–Crippen LogP) is 2.10. The molecule has 0 aliphatic rings. The summed E-state index contributed by atoms with van der Waals surface area (Å²) in [4.78, 5) is 11.0. The normalized spacial score (nSPS) is 11.8. The Labute approximate surface area is 82.7 Å². The molecule has 0 atom stereocenters. The molecule has 0 radical (unpaired) electrons. The lowest BCUT2D eigenvalue weighted by Crippen LogP contribution is -2.15. The molecule has 1 aromatic rings. The molecule has 72 valence electrons. The van der Waals surface area contributed by atoms with Gasteiger partial charge in [0.1, 0.15) is 0 Å². The van der Waals surface area contributed by atoms with Crippen LogP contribution in [-0.4, -0.2) is 15.0 Å². The zero-order valence-corrected chi connectivity index (χ0v) is 9.01. The van der Waals surface area contributed by atoms with Crippen LogP contribution in [0.15, 0.2) is 6.20 Å². The molecule has 0 spiro atoms. The van der Waals surface area contributed by atoms with Crippen LogP contribution in [0.25, 0.3) is 0 Å². The van der Waals surface area contributed by atoms with Crippen LogP contribution >= 0.6 is 11.6 Å². The van der Waals surface area contributed by atoms with Crippen LogP contribution in [0, 0.1) is 0 Å². The van der Waals surface area contributed by atoms with Crippen LogP contribution in [0.4, 0.5) is 0 Å². The minimum Gasteiger partial charge on any atom is -0.275 e. The highest BCUT2D eigenvalue weighted by atomic mass is 35.5. The summed E-state index contributed by atoms with van der Waals surface area (Å²) >= 11 is 5.44. The molecule has 1 heterocycles. The van der Waals surface area contributed by atoms with Gasteiger partial charge in [-0.15, -0.1) is 0 Å². The minimum absolute atomic E-state index is 0.152. The zero-order chi connectivity index (χ0) is 10.2. The molecular formula is C9H13ClN2O. The van der Waals surface area contributed by atoms with Crippen molar-refractivity contribution in [3.05, 3.63) is 17.5 Å². The van der Waals surface area contributed by atoms with Crippen LogP contribution in [0.2, 0.25) is 0 Å². The standard InChI is InChI=1S/C9H13ClN2O/c1-9(2,3)7-6(8(10)13)5-12(4)11-7/h5H,1-4H3. The Morgan fingerprint density at radius 3 is 2.38 bits per heavy atom. The van der Waals surface area contributed by atoms with Gasteiger partial charge in [-0.1, -0.05) is 20.8 Å². The van der Waals surface area contributed by atoms with E-state index in [0.717, 1.165) is 5.69 Å². The lowest BCUT2D eigenvalue weighted by Gasteiger charge is -2.15. The molecule has 0 aromatic carbocycles. The van der Waals surface area contributed by atoms with E-state index >= 15 is 0 Å². The average Bonchev–Trinajstić information content (AvgIpc) is 2.29. The van der Waals surface area contributed by atoms with Gasteiger partial charge in [-0.05, 0) is 11.6 Å². The van der Waals surface area contributed by atoms with Crippen molar-refractivity contribution in [3.8, 4) is 0 Å². The number of carbonyl (C=O) groups excluding carboxylic acids is 1. The van der Waals surface area contributed by atoms with E-state index in [4.69, 9.17) is 11.6 Å². The number of hydrogen-bond acceptors (Lipinski definition) is 2. The maximum atomic E-state index is 11.0. The Hall–Kier alpha value is -0.830. The average molecular weight is 201 g/mol. The van der Waals surface area contributed by atoms with Gasteiger partial charge in [-0.3, -0.25) is 9.48 Å². The molecule has 1 rings (SSSR count).